The van der Waals surface area contributed by atoms with Gasteiger partial charge < -0.3 is 25.2 Å². The van der Waals surface area contributed by atoms with E-state index in [9.17, 15) is 27.9 Å². The third-order valence-electron chi connectivity index (χ3n) is 6.16. The van der Waals surface area contributed by atoms with Gasteiger partial charge in [-0.1, -0.05) is 0 Å². The number of nitrogens with zero attached hydrogens (tertiary/aromatic N) is 4. The lowest BCUT2D eigenvalue weighted by Gasteiger charge is -2.36. The maximum absolute atomic E-state index is 13.4. The monoisotopic (exact) mass is 524 g/mol. The number of alkyl halides is 3. The molecule has 37 heavy (non-hydrogen) atoms. The van der Waals surface area contributed by atoms with E-state index in [1.54, 1.807) is 13.0 Å². The second kappa shape index (κ2) is 10.4. The van der Waals surface area contributed by atoms with Crippen LogP contribution in [0.3, 0.4) is 0 Å². The van der Waals surface area contributed by atoms with Crippen molar-refractivity contribution >= 4 is 29.3 Å². The highest BCUT2D eigenvalue weighted by molar-refractivity contribution is 6.05. The minimum atomic E-state index is -4.62. The molecule has 0 unspecified atom stereocenters. The fourth-order valence-corrected chi connectivity index (χ4v) is 4.17. The highest BCUT2D eigenvalue weighted by atomic mass is 19.4. The van der Waals surface area contributed by atoms with Crippen molar-refractivity contribution in [3.05, 3.63) is 35.7 Å². The Balaban J connectivity index is 1.59. The van der Waals surface area contributed by atoms with E-state index in [1.807, 2.05) is 10.2 Å². The van der Waals surface area contributed by atoms with Gasteiger partial charge in [-0.2, -0.15) is 13.2 Å². The van der Waals surface area contributed by atoms with Crippen molar-refractivity contribution in [3.8, 4) is 5.75 Å². The van der Waals surface area contributed by atoms with E-state index in [0.717, 1.165) is 6.92 Å². The maximum atomic E-state index is 13.4. The molecule has 4 heterocycles. The number of ether oxygens (including phenoxy) is 1. The molecule has 0 saturated carbocycles. The molecule has 3 amide bonds. The first-order chi connectivity index (χ1) is 17.5. The number of amides is 3. The number of anilines is 3. The summed E-state index contributed by atoms with van der Waals surface area (Å²) in [6.45, 7) is 2.97. The number of urea groups is 1. The average molecular weight is 525 g/mol. The molecule has 11 nitrogen and oxygen atoms in total. The van der Waals surface area contributed by atoms with Gasteiger partial charge in [-0.25, -0.2) is 14.8 Å². The predicted octanol–water partition coefficient (Wildman–Crippen LogP) is 1.83. The topological polar surface area (TPSA) is 140 Å². The van der Waals surface area contributed by atoms with Crippen LogP contribution in [-0.4, -0.2) is 82.8 Å². The Labute approximate surface area is 210 Å². The Morgan fingerprint density at radius 3 is 2.78 bits per heavy atom. The fraction of sp³-hybridized carbons (Fsp3) is 0.478. The van der Waals surface area contributed by atoms with E-state index in [-0.39, 0.29) is 30.0 Å². The molecule has 0 radical (unpaired) electrons. The zero-order valence-corrected chi connectivity index (χ0v) is 20.1. The molecular formula is C23H27F3N6O5. The summed E-state index contributed by atoms with van der Waals surface area (Å²) in [5.41, 5.74) is 0.781. The Morgan fingerprint density at radius 2 is 2.08 bits per heavy atom. The molecule has 0 aromatic carbocycles. The van der Waals surface area contributed by atoms with Gasteiger partial charge in [0.05, 0.1) is 18.3 Å². The van der Waals surface area contributed by atoms with Crippen LogP contribution in [-0.2, 0) is 0 Å². The molecule has 0 spiro atoms. The van der Waals surface area contributed by atoms with Crippen molar-refractivity contribution in [2.75, 3.05) is 41.4 Å². The molecule has 2 bridgehead atoms. The minimum Gasteiger partial charge on any atom is -0.491 e. The van der Waals surface area contributed by atoms with E-state index >= 15 is 0 Å². The summed E-state index contributed by atoms with van der Waals surface area (Å²) in [6, 6.07) is 1.67. The third kappa shape index (κ3) is 5.69. The molecule has 2 aromatic heterocycles. The summed E-state index contributed by atoms with van der Waals surface area (Å²) in [6.07, 6.45) is -3.66. The zero-order valence-electron chi connectivity index (χ0n) is 20.1. The Morgan fingerprint density at radius 1 is 1.32 bits per heavy atom. The highest BCUT2D eigenvalue weighted by Crippen LogP contribution is 2.40. The largest absolute Gasteiger partial charge is 0.491 e. The third-order valence-corrected chi connectivity index (χ3v) is 6.16. The van der Waals surface area contributed by atoms with Crippen LogP contribution in [0.25, 0.3) is 0 Å². The van der Waals surface area contributed by atoms with Gasteiger partial charge in [-0.15, -0.1) is 0 Å². The molecule has 14 heteroatoms. The standard InChI is InChI=1S/C23H27F3N6O5/c1-12-7-17-20(30-19(12)21(35)28-13(2)23(24,25)26)32(14-4-6-31(17)9-14)22(36)29-18-8-16(3-5-27-18)37-11-15(34)10-33/h3,5,7-8,13-15,33-34H,4,6,9-11H2,1-2H3,(H,28,35)(H,27,29,36)/t13-,14+,15-/m1/s1. The van der Waals surface area contributed by atoms with Gasteiger partial charge in [0.15, 0.2) is 5.82 Å². The van der Waals surface area contributed by atoms with Gasteiger partial charge >= 0.3 is 12.2 Å². The van der Waals surface area contributed by atoms with Gasteiger partial charge in [0, 0.05) is 25.4 Å². The Hall–Kier alpha value is -3.65. The van der Waals surface area contributed by atoms with Crippen LogP contribution in [0.4, 0.5) is 35.3 Å². The number of aliphatic hydroxyl groups is 2. The number of aromatic nitrogens is 2. The van der Waals surface area contributed by atoms with Crippen LogP contribution in [0, 0.1) is 6.92 Å². The first kappa shape index (κ1) is 26.4. The number of halogens is 3. The zero-order chi connectivity index (χ0) is 26.9. The van der Waals surface area contributed by atoms with E-state index in [2.05, 4.69) is 15.3 Å². The molecule has 200 valence electrons. The Kier molecular flexibility index (Phi) is 7.41. The number of pyridine rings is 2. The van der Waals surface area contributed by atoms with Crippen LogP contribution in [0.5, 0.6) is 5.75 Å². The molecule has 2 aromatic rings. The van der Waals surface area contributed by atoms with Crippen molar-refractivity contribution in [1.82, 2.24) is 15.3 Å². The van der Waals surface area contributed by atoms with E-state index in [0.29, 0.717) is 36.5 Å². The van der Waals surface area contributed by atoms with Crippen LogP contribution >= 0.6 is 0 Å². The molecule has 1 fully saturated rings. The summed E-state index contributed by atoms with van der Waals surface area (Å²) in [4.78, 5) is 37.9. The predicted molar refractivity (Wildman–Crippen MR) is 127 cm³/mol. The van der Waals surface area contributed by atoms with Crippen molar-refractivity contribution in [1.29, 1.82) is 0 Å². The smallest absolute Gasteiger partial charge is 0.408 e. The number of nitrogens with one attached hydrogen (secondary N) is 2. The second-order valence-corrected chi connectivity index (χ2v) is 8.95. The lowest BCUT2D eigenvalue weighted by Crippen LogP contribution is -2.49. The van der Waals surface area contributed by atoms with Crippen molar-refractivity contribution in [2.45, 2.75) is 44.6 Å². The summed E-state index contributed by atoms with van der Waals surface area (Å²) < 4.78 is 44.3. The fourth-order valence-electron chi connectivity index (χ4n) is 4.17. The van der Waals surface area contributed by atoms with Gasteiger partial charge in [-0.3, -0.25) is 15.0 Å². The summed E-state index contributed by atoms with van der Waals surface area (Å²) in [7, 11) is 0. The molecule has 4 N–H and O–H groups in total. The van der Waals surface area contributed by atoms with Crippen LogP contribution in [0.1, 0.15) is 29.4 Å². The van der Waals surface area contributed by atoms with E-state index in [1.165, 1.54) is 23.2 Å². The van der Waals surface area contributed by atoms with Crippen LogP contribution in [0.2, 0.25) is 0 Å². The maximum Gasteiger partial charge on any atom is 0.408 e. The second-order valence-electron chi connectivity index (χ2n) is 8.95. The quantitative estimate of drug-likeness (QED) is 0.430. The molecule has 3 atom stereocenters. The van der Waals surface area contributed by atoms with Crippen molar-refractivity contribution in [3.63, 3.8) is 0 Å². The summed E-state index contributed by atoms with van der Waals surface area (Å²) in [5.74, 6) is -0.377. The molecule has 4 rings (SSSR count). The number of aryl methyl sites for hydroxylation is 1. The first-order valence-electron chi connectivity index (χ1n) is 11.6. The summed E-state index contributed by atoms with van der Waals surface area (Å²) in [5, 5.41) is 23.0. The molecule has 1 saturated heterocycles. The highest BCUT2D eigenvalue weighted by Gasteiger charge is 2.42. The summed E-state index contributed by atoms with van der Waals surface area (Å²) >= 11 is 0. The number of carbonyl (C=O) groups is 2. The van der Waals surface area contributed by atoms with E-state index in [4.69, 9.17) is 9.84 Å². The lowest BCUT2D eigenvalue weighted by atomic mass is 10.1. The van der Waals surface area contributed by atoms with Gasteiger partial charge in [0.2, 0.25) is 0 Å². The Bertz CT molecular complexity index is 1180. The SMILES string of the molecule is Cc1cc2c(nc1C(=O)N[C@H](C)C(F)(F)F)N(C(=O)Nc1cc(OC[C@H](O)CO)ccn1)[C@H]1CCN2C1. The number of aliphatic hydroxyl groups excluding tert-OH is 2. The normalized spacial score (nSPS) is 18.2. The van der Waals surface area contributed by atoms with E-state index < -0.39 is 36.9 Å². The first-order valence-corrected chi connectivity index (χ1v) is 11.6. The number of carbonyl (C=O) groups excluding carboxylic acids is 2. The molecule has 0 aliphatic carbocycles. The van der Waals surface area contributed by atoms with Gasteiger partial charge in [0.25, 0.3) is 5.91 Å². The van der Waals surface area contributed by atoms with Crippen LogP contribution < -0.4 is 25.2 Å². The molecular weight excluding hydrogens is 497 g/mol. The van der Waals surface area contributed by atoms with Gasteiger partial charge in [-0.05, 0) is 38.0 Å². The van der Waals surface area contributed by atoms with Crippen molar-refractivity contribution in [2.24, 2.45) is 0 Å². The van der Waals surface area contributed by atoms with Crippen molar-refractivity contribution < 1.29 is 37.7 Å². The average Bonchev–Trinajstić information content (AvgIpc) is 3.26. The minimum absolute atomic E-state index is 0.145. The number of hydrogen-bond donors (Lipinski definition) is 4. The molecule has 2 aliphatic heterocycles. The van der Waals surface area contributed by atoms with Crippen LogP contribution in [0.15, 0.2) is 24.4 Å². The number of rotatable bonds is 7. The van der Waals surface area contributed by atoms with Gasteiger partial charge in [0.1, 0.15) is 36.0 Å². The lowest BCUT2D eigenvalue weighted by molar-refractivity contribution is -0.149. The number of hydrogen-bond acceptors (Lipinski definition) is 8. The molecule has 2 aliphatic rings. The number of fused-ring (bicyclic) bond motifs is 4.